The zero-order chi connectivity index (χ0) is 16.7. The number of aryl methyl sites for hydroxylation is 1. The number of likely N-dealkylation sites (N-methyl/N-ethyl adjacent to an activating group) is 1. The Morgan fingerprint density at radius 1 is 1.27 bits per heavy atom. The number of hydrogen-bond donors (Lipinski definition) is 0. The number of nitrogens with zero attached hydrogens (tertiary/aromatic N) is 2. The van der Waals surface area contributed by atoms with E-state index >= 15 is 0 Å². The average molecular weight is 345 g/mol. The SMILES string of the molecule is Cc1cccc(Cl)c1S(=O)(=O)N1C[C@@H](N(C)C)[C@H](C(C)C)C1. The van der Waals surface area contributed by atoms with Crippen LogP contribution in [0.15, 0.2) is 23.1 Å². The first-order chi connectivity index (χ1) is 10.2. The van der Waals surface area contributed by atoms with Gasteiger partial charge in [-0.1, -0.05) is 37.6 Å². The van der Waals surface area contributed by atoms with Gasteiger partial charge in [0.05, 0.1) is 5.02 Å². The van der Waals surface area contributed by atoms with Gasteiger partial charge >= 0.3 is 0 Å². The summed E-state index contributed by atoms with van der Waals surface area (Å²) in [5.74, 6) is 0.757. The first-order valence-corrected chi connectivity index (χ1v) is 9.39. The number of hydrogen-bond acceptors (Lipinski definition) is 3. The van der Waals surface area contributed by atoms with Gasteiger partial charge in [-0.25, -0.2) is 8.42 Å². The maximum atomic E-state index is 13.0. The van der Waals surface area contributed by atoms with Gasteiger partial charge < -0.3 is 4.90 Å². The minimum Gasteiger partial charge on any atom is -0.305 e. The summed E-state index contributed by atoms with van der Waals surface area (Å²) in [6.45, 7) is 7.16. The lowest BCUT2D eigenvalue weighted by Crippen LogP contribution is -2.37. The predicted molar refractivity (Wildman–Crippen MR) is 90.8 cm³/mol. The van der Waals surface area contributed by atoms with Crippen molar-refractivity contribution in [3.8, 4) is 0 Å². The van der Waals surface area contributed by atoms with Crippen LogP contribution in [0.25, 0.3) is 0 Å². The fourth-order valence-corrected chi connectivity index (χ4v) is 5.52. The number of rotatable bonds is 4. The fraction of sp³-hybridized carbons (Fsp3) is 0.625. The first kappa shape index (κ1) is 17.7. The molecule has 0 aliphatic carbocycles. The maximum Gasteiger partial charge on any atom is 0.244 e. The Labute approximate surface area is 139 Å². The van der Waals surface area contributed by atoms with Crippen molar-refractivity contribution in [2.45, 2.75) is 31.7 Å². The van der Waals surface area contributed by atoms with Crippen LogP contribution in [-0.4, -0.2) is 50.8 Å². The van der Waals surface area contributed by atoms with Crippen LogP contribution in [0.3, 0.4) is 0 Å². The lowest BCUT2D eigenvalue weighted by atomic mass is 9.91. The molecule has 1 saturated heterocycles. The summed E-state index contributed by atoms with van der Waals surface area (Å²) >= 11 is 6.17. The van der Waals surface area contributed by atoms with Gasteiger partial charge in [-0.3, -0.25) is 0 Å². The molecule has 0 bridgehead atoms. The van der Waals surface area contributed by atoms with Crippen LogP contribution in [0.2, 0.25) is 5.02 Å². The standard InChI is InChI=1S/C16H25ClN2O2S/c1-11(2)13-9-19(10-15(13)18(4)5)22(20,21)16-12(3)7-6-8-14(16)17/h6-8,11,13,15H,9-10H2,1-5H3/t13-,15+/m0/s1. The van der Waals surface area contributed by atoms with Gasteiger partial charge in [-0.15, -0.1) is 0 Å². The molecule has 2 atom stereocenters. The molecular formula is C16H25ClN2O2S. The quantitative estimate of drug-likeness (QED) is 0.843. The second kappa shape index (κ2) is 6.48. The molecule has 1 aromatic rings. The molecule has 1 heterocycles. The van der Waals surface area contributed by atoms with E-state index in [1.807, 2.05) is 14.1 Å². The second-order valence-corrected chi connectivity index (χ2v) is 8.93. The van der Waals surface area contributed by atoms with Crippen molar-refractivity contribution in [1.29, 1.82) is 0 Å². The third kappa shape index (κ3) is 3.18. The van der Waals surface area contributed by atoms with Gasteiger partial charge in [0.25, 0.3) is 0 Å². The highest BCUT2D eigenvalue weighted by Gasteiger charge is 2.42. The largest absolute Gasteiger partial charge is 0.305 e. The molecule has 1 aliphatic rings. The summed E-state index contributed by atoms with van der Waals surface area (Å²) in [7, 11) is 0.463. The molecule has 0 radical (unpaired) electrons. The first-order valence-electron chi connectivity index (χ1n) is 7.58. The van der Waals surface area contributed by atoms with Crippen LogP contribution >= 0.6 is 11.6 Å². The zero-order valence-electron chi connectivity index (χ0n) is 13.9. The van der Waals surface area contributed by atoms with E-state index < -0.39 is 10.0 Å². The summed E-state index contributed by atoms with van der Waals surface area (Å²) in [6, 6.07) is 5.44. The van der Waals surface area contributed by atoms with Crippen LogP contribution in [0.5, 0.6) is 0 Å². The van der Waals surface area contributed by atoms with Crippen molar-refractivity contribution >= 4 is 21.6 Å². The predicted octanol–water partition coefficient (Wildman–Crippen LogP) is 2.86. The zero-order valence-corrected chi connectivity index (χ0v) is 15.4. The lowest BCUT2D eigenvalue weighted by molar-refractivity contribution is 0.216. The smallest absolute Gasteiger partial charge is 0.244 e. The molecule has 22 heavy (non-hydrogen) atoms. The van der Waals surface area contributed by atoms with Crippen molar-refractivity contribution in [1.82, 2.24) is 9.21 Å². The molecular weight excluding hydrogens is 320 g/mol. The second-order valence-electron chi connectivity index (χ2n) is 6.65. The van der Waals surface area contributed by atoms with Crippen molar-refractivity contribution in [3.63, 3.8) is 0 Å². The highest BCUT2D eigenvalue weighted by Crippen LogP contribution is 2.34. The van der Waals surface area contributed by atoms with Gasteiger partial charge in [0.15, 0.2) is 0 Å². The highest BCUT2D eigenvalue weighted by molar-refractivity contribution is 7.89. The van der Waals surface area contributed by atoms with E-state index in [1.54, 1.807) is 29.4 Å². The molecule has 1 aliphatic heterocycles. The van der Waals surface area contributed by atoms with E-state index in [9.17, 15) is 8.42 Å². The minimum atomic E-state index is -3.56. The number of sulfonamides is 1. The molecule has 1 aromatic carbocycles. The summed E-state index contributed by atoms with van der Waals surface area (Å²) in [4.78, 5) is 2.37. The monoisotopic (exact) mass is 344 g/mol. The molecule has 6 heteroatoms. The third-order valence-corrected chi connectivity index (χ3v) is 7.04. The van der Waals surface area contributed by atoms with Gasteiger partial charge in [0.1, 0.15) is 4.90 Å². The number of halogens is 1. The lowest BCUT2D eigenvalue weighted by Gasteiger charge is -2.27. The molecule has 0 N–H and O–H groups in total. The Kier molecular flexibility index (Phi) is 5.22. The Morgan fingerprint density at radius 2 is 1.91 bits per heavy atom. The van der Waals surface area contributed by atoms with Crippen molar-refractivity contribution < 1.29 is 8.42 Å². The molecule has 0 aromatic heterocycles. The highest BCUT2D eigenvalue weighted by atomic mass is 35.5. The van der Waals surface area contributed by atoms with Gasteiger partial charge in [0.2, 0.25) is 10.0 Å². The van der Waals surface area contributed by atoms with Gasteiger partial charge in [0, 0.05) is 19.1 Å². The van der Waals surface area contributed by atoms with Crippen molar-refractivity contribution in [2.75, 3.05) is 27.2 Å². The van der Waals surface area contributed by atoms with E-state index in [2.05, 4.69) is 18.7 Å². The van der Waals surface area contributed by atoms with E-state index in [0.717, 1.165) is 0 Å². The molecule has 124 valence electrons. The van der Waals surface area contributed by atoms with E-state index in [0.29, 0.717) is 35.5 Å². The van der Waals surface area contributed by atoms with E-state index in [1.165, 1.54) is 0 Å². The minimum absolute atomic E-state index is 0.234. The molecule has 0 unspecified atom stereocenters. The summed E-state index contributed by atoms with van der Waals surface area (Å²) in [5.41, 5.74) is 0.696. The van der Waals surface area contributed by atoms with E-state index in [4.69, 9.17) is 11.6 Å². The molecule has 0 amide bonds. The molecule has 0 saturated carbocycles. The van der Waals surface area contributed by atoms with Crippen LogP contribution in [-0.2, 0) is 10.0 Å². The van der Waals surface area contributed by atoms with Crippen LogP contribution < -0.4 is 0 Å². The molecule has 0 spiro atoms. The number of benzene rings is 1. The van der Waals surface area contributed by atoms with E-state index in [-0.39, 0.29) is 10.9 Å². The Hall–Kier alpha value is -0.620. The Bertz CT molecular complexity index is 607. The molecule has 4 nitrogen and oxygen atoms in total. The molecule has 2 rings (SSSR count). The van der Waals surface area contributed by atoms with Crippen molar-refractivity contribution in [3.05, 3.63) is 28.8 Å². The van der Waals surface area contributed by atoms with Gasteiger partial charge in [-0.2, -0.15) is 4.31 Å². The van der Waals surface area contributed by atoms with Crippen LogP contribution in [0, 0.1) is 18.8 Å². The Balaban J connectivity index is 2.39. The summed E-state index contributed by atoms with van der Waals surface area (Å²) < 4.78 is 27.7. The normalized spacial score (nSPS) is 23.6. The summed E-state index contributed by atoms with van der Waals surface area (Å²) in [6.07, 6.45) is 0. The topological polar surface area (TPSA) is 40.6 Å². The average Bonchev–Trinajstić information content (AvgIpc) is 2.84. The van der Waals surface area contributed by atoms with Gasteiger partial charge in [-0.05, 0) is 44.5 Å². The third-order valence-electron chi connectivity index (χ3n) is 4.58. The van der Waals surface area contributed by atoms with Crippen LogP contribution in [0.4, 0.5) is 0 Å². The summed E-state index contributed by atoms with van der Waals surface area (Å²) in [5, 5.41) is 0.300. The van der Waals surface area contributed by atoms with Crippen LogP contribution in [0.1, 0.15) is 19.4 Å². The Morgan fingerprint density at radius 3 is 2.36 bits per heavy atom. The fourth-order valence-electron chi connectivity index (χ4n) is 3.25. The molecule has 1 fully saturated rings. The van der Waals surface area contributed by atoms with Crippen molar-refractivity contribution in [2.24, 2.45) is 11.8 Å². The maximum absolute atomic E-state index is 13.0.